The fraction of sp³-hybridized carbons (Fsp3) is 0.326. The molecule has 65 heavy (non-hydrogen) atoms. The Morgan fingerprint density at radius 1 is 0.923 bits per heavy atom. The minimum atomic E-state index is -6.11. The molecule has 0 unspecified atom stereocenters. The highest BCUT2D eigenvalue weighted by Crippen LogP contribution is 2.39. The minimum Gasteiger partial charge on any atom is -0.395 e. The number of amides is 1. The van der Waals surface area contributed by atoms with Crippen LogP contribution in [0.15, 0.2) is 130 Å². The van der Waals surface area contributed by atoms with E-state index >= 15 is 0 Å². The average molecular weight is 975 g/mol. The molecule has 0 bridgehead atoms. The van der Waals surface area contributed by atoms with E-state index in [1.54, 1.807) is 36.2 Å². The van der Waals surface area contributed by atoms with Crippen molar-refractivity contribution in [3.05, 3.63) is 137 Å². The van der Waals surface area contributed by atoms with Crippen LogP contribution in [-0.4, -0.2) is 95.0 Å². The van der Waals surface area contributed by atoms with Crippen molar-refractivity contribution in [1.29, 1.82) is 0 Å². The number of aliphatic hydroxyl groups excluding tert-OH is 2. The summed E-state index contributed by atoms with van der Waals surface area (Å²) in [6.07, 6.45) is 0.685. The van der Waals surface area contributed by atoms with Crippen molar-refractivity contribution >= 4 is 60.5 Å². The van der Waals surface area contributed by atoms with Gasteiger partial charge >= 0.3 is 5.51 Å². The topological polar surface area (TPSA) is 182 Å². The van der Waals surface area contributed by atoms with Crippen LogP contribution < -0.4 is 20.7 Å². The van der Waals surface area contributed by atoms with Crippen LogP contribution in [-0.2, 0) is 26.4 Å². The van der Waals surface area contributed by atoms with Gasteiger partial charge in [-0.15, -0.1) is 11.8 Å². The SMILES string of the molecule is CN(CCO)CC[C@H](CSc1ccccc1)Nc1ccc(S(=O)(=O)NC(=O)c2cccc(N3CCC([C@H](O)c4cc(CN)ccc4-c4ccc(Cl)cc4)CC3)c2)cc1S(=O)(=O)C(F)(F)F. The second kappa shape index (κ2) is 21.8. The van der Waals surface area contributed by atoms with E-state index < -0.39 is 58.9 Å². The van der Waals surface area contributed by atoms with Gasteiger partial charge in [0.15, 0.2) is 0 Å². The third-order valence-corrected chi connectivity index (χ3v) is 15.5. The smallest absolute Gasteiger partial charge is 0.395 e. The van der Waals surface area contributed by atoms with Gasteiger partial charge in [0.2, 0.25) is 0 Å². The number of hydrogen-bond acceptors (Lipinski definition) is 12. The molecule has 1 aliphatic heterocycles. The van der Waals surface area contributed by atoms with Crippen LogP contribution in [0.3, 0.4) is 0 Å². The monoisotopic (exact) mass is 973 g/mol. The van der Waals surface area contributed by atoms with Crippen LogP contribution in [0.25, 0.3) is 11.1 Å². The van der Waals surface area contributed by atoms with Gasteiger partial charge < -0.3 is 31.1 Å². The number of sulfonamides is 1. The van der Waals surface area contributed by atoms with Gasteiger partial charge in [0.05, 0.1) is 23.3 Å². The Morgan fingerprint density at radius 2 is 1.63 bits per heavy atom. The molecular weight excluding hydrogens is 923 g/mol. The average Bonchev–Trinajstić information content (AvgIpc) is 3.29. The molecule has 1 heterocycles. The minimum absolute atomic E-state index is 0.0641. The van der Waals surface area contributed by atoms with E-state index in [4.69, 9.17) is 17.3 Å². The lowest BCUT2D eigenvalue weighted by Crippen LogP contribution is -2.36. The zero-order chi connectivity index (χ0) is 46.9. The van der Waals surface area contributed by atoms with Gasteiger partial charge in [0.1, 0.15) is 4.90 Å². The number of hydrogen-bond donors (Lipinski definition) is 5. The number of anilines is 2. The molecule has 2 atom stereocenters. The van der Waals surface area contributed by atoms with Crippen molar-refractivity contribution in [1.82, 2.24) is 9.62 Å². The summed E-state index contributed by atoms with van der Waals surface area (Å²) in [4.78, 5) is 16.0. The molecule has 0 aromatic heterocycles. The molecule has 19 heteroatoms. The molecule has 1 fully saturated rings. The van der Waals surface area contributed by atoms with Crippen molar-refractivity contribution in [2.24, 2.45) is 11.7 Å². The Bertz CT molecular complexity index is 2640. The quantitative estimate of drug-likeness (QED) is 0.0509. The molecule has 12 nitrogen and oxygen atoms in total. The van der Waals surface area contributed by atoms with Gasteiger partial charge in [-0.3, -0.25) is 4.79 Å². The number of aliphatic hydroxyl groups is 2. The molecule has 1 aliphatic rings. The molecule has 0 radical (unpaired) electrons. The lowest BCUT2D eigenvalue weighted by atomic mass is 9.83. The van der Waals surface area contributed by atoms with Gasteiger partial charge in [-0.05, 0) is 122 Å². The summed E-state index contributed by atoms with van der Waals surface area (Å²) in [7, 11) is -9.27. The molecule has 0 saturated carbocycles. The molecule has 1 saturated heterocycles. The number of rotatable bonds is 19. The van der Waals surface area contributed by atoms with Crippen molar-refractivity contribution in [2.75, 3.05) is 55.8 Å². The number of nitrogens with two attached hydrogens (primary N) is 1. The maximum absolute atomic E-state index is 14.2. The van der Waals surface area contributed by atoms with Crippen LogP contribution in [0.1, 0.15) is 46.9 Å². The summed E-state index contributed by atoms with van der Waals surface area (Å²) in [5.74, 6) is -0.904. The molecule has 1 amide bonds. The fourth-order valence-electron chi connectivity index (χ4n) is 7.61. The predicted octanol–water partition coefficient (Wildman–Crippen LogP) is 7.71. The molecule has 5 aromatic rings. The number of likely N-dealkylation sites (N-methyl/N-ethyl adjacent to an activating group) is 1. The highest BCUT2D eigenvalue weighted by molar-refractivity contribution is 7.99. The number of carbonyl (C=O) groups is 1. The zero-order valence-electron chi connectivity index (χ0n) is 35.4. The maximum atomic E-state index is 14.2. The third kappa shape index (κ3) is 12.6. The Balaban J connectivity index is 1.17. The number of piperidine rings is 1. The molecule has 6 rings (SSSR count). The van der Waals surface area contributed by atoms with Crippen molar-refractivity contribution in [3.63, 3.8) is 0 Å². The number of halogens is 4. The van der Waals surface area contributed by atoms with E-state index in [0.717, 1.165) is 39.3 Å². The molecule has 348 valence electrons. The van der Waals surface area contributed by atoms with E-state index in [1.165, 1.54) is 23.9 Å². The number of nitrogens with zero attached hydrogens (tertiary/aromatic N) is 2. The maximum Gasteiger partial charge on any atom is 0.501 e. The molecule has 5 aromatic carbocycles. The van der Waals surface area contributed by atoms with Gasteiger partial charge in [0, 0.05) is 59.1 Å². The molecule has 6 N–H and O–H groups in total. The standard InChI is InChI=1S/C46H51ClF3N5O7S3/c1-54(24-25-56)21-20-36(30-63-38-8-3-2-4-9-38)52-42-17-15-39(28-43(42)64(59,60)46(48,49)50)65(61,62)53-45(58)34-6-5-7-37(27-34)55-22-18-33(19-23-55)44(57)41-26-31(29-51)10-16-40(41)32-11-13-35(47)14-12-32/h2-17,26-28,33,36,44,52,56-57H,18-25,29-30,51H2,1H3,(H,53,58)/t36-,44+/m1/s1. The summed E-state index contributed by atoms with van der Waals surface area (Å²) < 4.78 is 97.7. The predicted molar refractivity (Wildman–Crippen MR) is 249 cm³/mol. The first-order valence-electron chi connectivity index (χ1n) is 20.8. The number of carbonyl (C=O) groups excluding carboxylic acids is 1. The van der Waals surface area contributed by atoms with Crippen LogP contribution in [0, 0.1) is 5.92 Å². The second-order valence-corrected chi connectivity index (χ2v) is 20.9. The fourth-order valence-corrected chi connectivity index (χ4v) is 10.8. The number of alkyl halides is 3. The van der Waals surface area contributed by atoms with Crippen LogP contribution >= 0.6 is 23.4 Å². The highest BCUT2D eigenvalue weighted by atomic mass is 35.5. The van der Waals surface area contributed by atoms with Crippen molar-refractivity contribution < 1.29 is 45.0 Å². The van der Waals surface area contributed by atoms with Crippen molar-refractivity contribution in [2.45, 2.75) is 58.1 Å². The van der Waals surface area contributed by atoms with E-state index in [2.05, 4.69) is 5.32 Å². The number of thioether (sulfide) groups is 1. The lowest BCUT2D eigenvalue weighted by molar-refractivity contribution is -0.0435. The molecule has 0 spiro atoms. The highest BCUT2D eigenvalue weighted by Gasteiger charge is 2.48. The van der Waals surface area contributed by atoms with E-state index in [-0.39, 0.29) is 18.1 Å². The summed E-state index contributed by atoms with van der Waals surface area (Å²) >= 11 is 7.52. The second-order valence-electron chi connectivity index (χ2n) is 15.8. The first-order chi connectivity index (χ1) is 30.9. The molecular formula is C46H51ClF3N5O7S3. The zero-order valence-corrected chi connectivity index (χ0v) is 38.6. The number of sulfone groups is 1. The summed E-state index contributed by atoms with van der Waals surface area (Å²) in [6.45, 7) is 1.91. The van der Waals surface area contributed by atoms with Gasteiger partial charge in [-0.2, -0.15) is 13.2 Å². The first-order valence-corrected chi connectivity index (χ1v) is 25.1. The van der Waals surface area contributed by atoms with Gasteiger partial charge in [-0.1, -0.05) is 66.2 Å². The van der Waals surface area contributed by atoms with Crippen LogP contribution in [0.5, 0.6) is 0 Å². The Labute approximate surface area is 387 Å². The summed E-state index contributed by atoms with van der Waals surface area (Å²) in [5, 5.41) is 24.6. The molecule has 0 aliphatic carbocycles. The van der Waals surface area contributed by atoms with E-state index in [0.29, 0.717) is 74.5 Å². The third-order valence-electron chi connectivity index (χ3n) is 11.3. The lowest BCUT2D eigenvalue weighted by Gasteiger charge is -2.36. The Hall–Kier alpha value is -4.66. The van der Waals surface area contributed by atoms with Crippen LogP contribution in [0.2, 0.25) is 5.02 Å². The Morgan fingerprint density at radius 3 is 2.29 bits per heavy atom. The Kier molecular flexibility index (Phi) is 16.7. The van der Waals surface area contributed by atoms with Gasteiger partial charge in [0.25, 0.3) is 25.8 Å². The first kappa shape index (κ1) is 49.8. The van der Waals surface area contributed by atoms with E-state index in [1.807, 2.05) is 70.3 Å². The van der Waals surface area contributed by atoms with Crippen LogP contribution in [0.4, 0.5) is 24.5 Å². The van der Waals surface area contributed by atoms with Gasteiger partial charge in [-0.25, -0.2) is 21.6 Å². The largest absolute Gasteiger partial charge is 0.501 e. The van der Waals surface area contributed by atoms with E-state index in [9.17, 15) is 45.0 Å². The number of benzene rings is 5. The summed E-state index contributed by atoms with van der Waals surface area (Å²) in [6, 6.07) is 30.2. The normalized spacial score (nSPS) is 14.9. The summed E-state index contributed by atoms with van der Waals surface area (Å²) in [5.41, 5.74) is 3.63. The van der Waals surface area contributed by atoms with Crippen molar-refractivity contribution in [3.8, 4) is 11.1 Å². The number of nitrogens with one attached hydrogen (secondary N) is 2.